The summed E-state index contributed by atoms with van der Waals surface area (Å²) in [5.41, 5.74) is 6.59. The fourth-order valence-corrected chi connectivity index (χ4v) is 2.28. The molecular weight excluding hydrogens is 288 g/mol. The number of hydrogen-bond donors (Lipinski definition) is 2. The van der Waals surface area contributed by atoms with Gasteiger partial charge in [0, 0.05) is 6.54 Å². The van der Waals surface area contributed by atoms with E-state index in [2.05, 4.69) is 0 Å². The van der Waals surface area contributed by atoms with E-state index >= 15 is 0 Å². The topological polar surface area (TPSA) is 64.7 Å². The van der Waals surface area contributed by atoms with E-state index in [1.54, 1.807) is 12.1 Å². The van der Waals surface area contributed by atoms with Crippen molar-refractivity contribution in [3.05, 3.63) is 34.3 Å². The van der Waals surface area contributed by atoms with E-state index in [1.165, 1.54) is 6.07 Å². The summed E-state index contributed by atoms with van der Waals surface area (Å²) in [6, 6.07) is 4.81. The molecule has 0 unspecified atom stereocenters. The monoisotopic (exact) mass is 309 g/mol. The second kappa shape index (κ2) is 5.65. The van der Waals surface area contributed by atoms with Crippen molar-refractivity contribution in [2.75, 3.05) is 6.54 Å². The fraction of sp³-hybridized carbons (Fsp3) is 0.467. The van der Waals surface area contributed by atoms with Crippen molar-refractivity contribution in [1.82, 2.24) is 0 Å². The quantitative estimate of drug-likeness (QED) is 0.842. The Labute approximate surface area is 131 Å². The Kier molecular flexibility index (Phi) is 4.40. The number of rotatable bonds is 3. The minimum atomic E-state index is -0.495. The zero-order valence-corrected chi connectivity index (χ0v) is 13.6. The molecular formula is C15H21BClNO3. The lowest BCUT2D eigenvalue weighted by Gasteiger charge is -2.32. The average Bonchev–Trinajstić information content (AvgIpc) is 2.57. The van der Waals surface area contributed by atoms with Crippen LogP contribution in [0.5, 0.6) is 5.75 Å². The van der Waals surface area contributed by atoms with Crippen LogP contribution in [0.25, 0.3) is 6.08 Å². The molecule has 0 aliphatic carbocycles. The molecule has 0 aromatic heterocycles. The van der Waals surface area contributed by atoms with Gasteiger partial charge in [0.15, 0.2) is 0 Å². The number of phenols is 1. The maximum absolute atomic E-state index is 9.40. The van der Waals surface area contributed by atoms with Gasteiger partial charge in [-0.1, -0.05) is 17.7 Å². The second-order valence-corrected chi connectivity index (χ2v) is 6.62. The number of benzene rings is 1. The van der Waals surface area contributed by atoms with Gasteiger partial charge in [-0.25, -0.2) is 0 Å². The van der Waals surface area contributed by atoms with Crippen LogP contribution in [0.15, 0.2) is 23.7 Å². The minimum absolute atomic E-state index is 0.127. The van der Waals surface area contributed by atoms with E-state index in [9.17, 15) is 5.11 Å². The highest BCUT2D eigenvalue weighted by Gasteiger charge is 2.52. The van der Waals surface area contributed by atoms with Crippen LogP contribution in [-0.2, 0) is 9.31 Å². The molecule has 3 N–H and O–H groups in total. The summed E-state index contributed by atoms with van der Waals surface area (Å²) in [7, 11) is -0.495. The maximum Gasteiger partial charge on any atom is 0.491 e. The Morgan fingerprint density at radius 1 is 1.29 bits per heavy atom. The first-order valence-electron chi connectivity index (χ1n) is 6.91. The molecule has 2 rings (SSSR count). The Morgan fingerprint density at radius 2 is 1.86 bits per heavy atom. The Balaban J connectivity index is 2.31. The lowest BCUT2D eigenvalue weighted by Crippen LogP contribution is -2.41. The van der Waals surface area contributed by atoms with E-state index in [0.717, 1.165) is 11.0 Å². The van der Waals surface area contributed by atoms with E-state index in [-0.39, 0.29) is 5.75 Å². The average molecular weight is 310 g/mol. The fourth-order valence-electron chi connectivity index (χ4n) is 2.05. The second-order valence-electron chi connectivity index (χ2n) is 6.22. The van der Waals surface area contributed by atoms with Crippen molar-refractivity contribution in [1.29, 1.82) is 0 Å². The third kappa shape index (κ3) is 3.26. The molecule has 1 aliphatic heterocycles. The van der Waals surface area contributed by atoms with Crippen LogP contribution in [0.3, 0.4) is 0 Å². The molecule has 1 aromatic carbocycles. The number of phenolic OH excluding ortho intramolecular Hbond substituents is 1. The molecule has 114 valence electrons. The normalized spacial score (nSPS) is 20.9. The van der Waals surface area contributed by atoms with Gasteiger partial charge in [-0.2, -0.15) is 0 Å². The molecule has 1 heterocycles. The number of halogens is 1. The Bertz CT molecular complexity index is 556. The lowest BCUT2D eigenvalue weighted by molar-refractivity contribution is 0.00578. The van der Waals surface area contributed by atoms with Crippen LogP contribution in [0.1, 0.15) is 33.3 Å². The summed E-state index contributed by atoms with van der Waals surface area (Å²) in [5.74, 6) is 0.127. The molecule has 1 aromatic rings. The first-order chi connectivity index (χ1) is 9.66. The SMILES string of the molecule is CC1(C)OB(C(=Cc2ccc(O)cc2Cl)CN)OC1(C)C. The Hall–Kier alpha value is -1.01. The molecule has 0 radical (unpaired) electrons. The zero-order valence-electron chi connectivity index (χ0n) is 12.8. The summed E-state index contributed by atoms with van der Waals surface area (Å²) in [6.07, 6.45) is 1.85. The largest absolute Gasteiger partial charge is 0.508 e. The summed E-state index contributed by atoms with van der Waals surface area (Å²) < 4.78 is 12.0. The van der Waals surface area contributed by atoms with E-state index < -0.39 is 18.3 Å². The maximum atomic E-state index is 9.40. The molecule has 1 fully saturated rings. The lowest BCUT2D eigenvalue weighted by atomic mass is 9.77. The molecule has 1 saturated heterocycles. The highest BCUT2D eigenvalue weighted by molar-refractivity contribution is 6.56. The van der Waals surface area contributed by atoms with Crippen molar-refractivity contribution in [2.45, 2.75) is 38.9 Å². The first-order valence-corrected chi connectivity index (χ1v) is 7.29. The van der Waals surface area contributed by atoms with Crippen LogP contribution >= 0.6 is 11.6 Å². The smallest absolute Gasteiger partial charge is 0.491 e. The third-order valence-corrected chi connectivity index (χ3v) is 4.44. The van der Waals surface area contributed by atoms with Crippen LogP contribution in [0, 0.1) is 0 Å². The number of nitrogens with two attached hydrogens (primary N) is 1. The first kappa shape index (κ1) is 16.4. The molecule has 6 heteroatoms. The summed E-state index contributed by atoms with van der Waals surface area (Å²) in [6.45, 7) is 8.28. The van der Waals surface area contributed by atoms with Gasteiger partial charge in [-0.15, -0.1) is 0 Å². The van der Waals surface area contributed by atoms with Crippen LogP contribution in [-0.4, -0.2) is 30.0 Å². The van der Waals surface area contributed by atoms with Crippen molar-refractivity contribution < 1.29 is 14.4 Å². The summed E-state index contributed by atoms with van der Waals surface area (Å²) in [4.78, 5) is 0. The number of aromatic hydroxyl groups is 1. The van der Waals surface area contributed by atoms with Gasteiger partial charge in [-0.05, 0) is 56.9 Å². The van der Waals surface area contributed by atoms with Crippen molar-refractivity contribution >= 4 is 24.8 Å². The van der Waals surface area contributed by atoms with Gasteiger partial charge in [0.1, 0.15) is 5.75 Å². The van der Waals surface area contributed by atoms with Crippen molar-refractivity contribution in [3.63, 3.8) is 0 Å². The molecule has 0 atom stereocenters. The Morgan fingerprint density at radius 3 is 2.33 bits per heavy atom. The van der Waals surface area contributed by atoms with E-state index in [1.807, 2.05) is 33.8 Å². The standard InChI is InChI=1S/C15H21BClNO3/c1-14(2)15(3,4)21-16(20-14)11(9-18)7-10-5-6-12(19)8-13(10)17/h5-8,19H,9,18H2,1-4H3. The van der Waals surface area contributed by atoms with Crippen molar-refractivity contribution in [2.24, 2.45) is 5.73 Å². The number of hydrogen-bond acceptors (Lipinski definition) is 4. The molecule has 1 aliphatic rings. The summed E-state index contributed by atoms with van der Waals surface area (Å²) in [5, 5.41) is 9.85. The molecule has 0 spiro atoms. The third-order valence-electron chi connectivity index (χ3n) is 4.12. The molecule has 0 saturated carbocycles. The molecule has 0 amide bonds. The van der Waals surface area contributed by atoms with Crippen LogP contribution in [0.4, 0.5) is 0 Å². The van der Waals surface area contributed by atoms with Crippen LogP contribution < -0.4 is 5.73 Å². The van der Waals surface area contributed by atoms with Gasteiger partial charge in [0.25, 0.3) is 0 Å². The molecule has 4 nitrogen and oxygen atoms in total. The molecule has 21 heavy (non-hydrogen) atoms. The van der Waals surface area contributed by atoms with Gasteiger partial charge in [0.05, 0.1) is 16.2 Å². The summed E-state index contributed by atoms with van der Waals surface area (Å²) >= 11 is 6.12. The predicted molar refractivity (Wildman–Crippen MR) is 86.2 cm³/mol. The van der Waals surface area contributed by atoms with Gasteiger partial charge < -0.3 is 20.1 Å². The molecule has 0 bridgehead atoms. The van der Waals surface area contributed by atoms with Gasteiger partial charge in [-0.3, -0.25) is 0 Å². The van der Waals surface area contributed by atoms with Gasteiger partial charge >= 0.3 is 7.12 Å². The highest BCUT2D eigenvalue weighted by atomic mass is 35.5. The van der Waals surface area contributed by atoms with E-state index in [0.29, 0.717) is 11.6 Å². The van der Waals surface area contributed by atoms with E-state index in [4.69, 9.17) is 26.6 Å². The minimum Gasteiger partial charge on any atom is -0.508 e. The highest BCUT2D eigenvalue weighted by Crippen LogP contribution is 2.39. The van der Waals surface area contributed by atoms with Crippen LogP contribution in [0.2, 0.25) is 5.02 Å². The van der Waals surface area contributed by atoms with Crippen molar-refractivity contribution in [3.8, 4) is 5.75 Å². The predicted octanol–water partition coefficient (Wildman–Crippen LogP) is 3.02. The van der Waals surface area contributed by atoms with Gasteiger partial charge in [0.2, 0.25) is 0 Å². The zero-order chi connectivity index (χ0) is 15.8.